The molecular weight excluding hydrogens is 292 g/mol. The number of benzene rings is 1. The van der Waals surface area contributed by atoms with Crippen LogP contribution in [0.15, 0.2) is 22.7 Å². The zero-order chi connectivity index (χ0) is 13.0. The van der Waals surface area contributed by atoms with E-state index in [0.29, 0.717) is 6.61 Å². The standard InChI is InChI=1S/C14H21BrN2O/c1-3-18-14-6-4-5-13(15)12(14)11-17-9-7-16(2)8-10-17/h4-6H,3,7-11H2,1-2H3. The van der Waals surface area contributed by atoms with Crippen molar-refractivity contribution in [2.45, 2.75) is 13.5 Å². The first kappa shape index (κ1) is 13.8. The summed E-state index contributed by atoms with van der Waals surface area (Å²) in [6.07, 6.45) is 0. The molecule has 1 saturated heterocycles. The van der Waals surface area contributed by atoms with Gasteiger partial charge in [-0.2, -0.15) is 0 Å². The van der Waals surface area contributed by atoms with Crippen molar-refractivity contribution in [3.63, 3.8) is 0 Å². The molecule has 3 nitrogen and oxygen atoms in total. The van der Waals surface area contributed by atoms with E-state index in [1.807, 2.05) is 13.0 Å². The van der Waals surface area contributed by atoms with E-state index in [0.717, 1.165) is 42.9 Å². The second-order valence-corrected chi connectivity index (χ2v) is 5.58. The van der Waals surface area contributed by atoms with Gasteiger partial charge in [-0.3, -0.25) is 4.90 Å². The third kappa shape index (κ3) is 3.46. The summed E-state index contributed by atoms with van der Waals surface area (Å²) in [5, 5.41) is 0. The lowest BCUT2D eigenvalue weighted by atomic mass is 10.1. The molecule has 0 aromatic heterocycles. The van der Waals surface area contributed by atoms with E-state index < -0.39 is 0 Å². The minimum atomic E-state index is 0.714. The first-order valence-electron chi connectivity index (χ1n) is 6.51. The Hall–Kier alpha value is -0.580. The van der Waals surface area contributed by atoms with E-state index in [2.05, 4.69) is 44.9 Å². The normalized spacial score (nSPS) is 17.9. The van der Waals surface area contributed by atoms with Crippen LogP contribution in [-0.4, -0.2) is 49.6 Å². The fourth-order valence-electron chi connectivity index (χ4n) is 2.21. The second kappa shape index (κ2) is 6.55. The Kier molecular flexibility index (Phi) is 5.03. The number of likely N-dealkylation sites (N-methyl/N-ethyl adjacent to an activating group) is 1. The molecule has 1 fully saturated rings. The maximum atomic E-state index is 5.71. The fourth-order valence-corrected chi connectivity index (χ4v) is 2.69. The Bertz CT molecular complexity index is 389. The Morgan fingerprint density at radius 1 is 1.22 bits per heavy atom. The minimum absolute atomic E-state index is 0.714. The molecule has 1 aromatic rings. The van der Waals surface area contributed by atoms with Crippen molar-refractivity contribution in [1.29, 1.82) is 0 Å². The van der Waals surface area contributed by atoms with Crippen molar-refractivity contribution in [3.05, 3.63) is 28.2 Å². The van der Waals surface area contributed by atoms with Crippen LogP contribution in [0.2, 0.25) is 0 Å². The van der Waals surface area contributed by atoms with Gasteiger partial charge in [-0.25, -0.2) is 0 Å². The number of hydrogen-bond donors (Lipinski definition) is 0. The van der Waals surface area contributed by atoms with Crippen LogP contribution in [-0.2, 0) is 6.54 Å². The first-order valence-corrected chi connectivity index (χ1v) is 7.31. The second-order valence-electron chi connectivity index (χ2n) is 4.73. The van der Waals surface area contributed by atoms with Crippen LogP contribution in [0, 0.1) is 0 Å². The largest absolute Gasteiger partial charge is 0.494 e. The molecule has 18 heavy (non-hydrogen) atoms. The lowest BCUT2D eigenvalue weighted by Gasteiger charge is -2.32. The quantitative estimate of drug-likeness (QED) is 0.850. The van der Waals surface area contributed by atoms with E-state index >= 15 is 0 Å². The molecule has 0 amide bonds. The highest BCUT2D eigenvalue weighted by Gasteiger charge is 2.17. The molecule has 0 bridgehead atoms. The Morgan fingerprint density at radius 2 is 1.94 bits per heavy atom. The van der Waals surface area contributed by atoms with Crippen LogP contribution in [0.3, 0.4) is 0 Å². The maximum Gasteiger partial charge on any atom is 0.124 e. The third-order valence-electron chi connectivity index (χ3n) is 3.35. The molecule has 1 aliphatic heterocycles. The summed E-state index contributed by atoms with van der Waals surface area (Å²) in [5.41, 5.74) is 1.27. The van der Waals surface area contributed by atoms with Gasteiger partial charge in [0.25, 0.3) is 0 Å². The van der Waals surface area contributed by atoms with Crippen molar-refractivity contribution < 1.29 is 4.74 Å². The van der Waals surface area contributed by atoms with Crippen LogP contribution in [0.5, 0.6) is 5.75 Å². The summed E-state index contributed by atoms with van der Waals surface area (Å²) in [5.74, 6) is 1.01. The van der Waals surface area contributed by atoms with Crippen molar-refractivity contribution in [3.8, 4) is 5.75 Å². The minimum Gasteiger partial charge on any atom is -0.494 e. The first-order chi connectivity index (χ1) is 8.70. The summed E-state index contributed by atoms with van der Waals surface area (Å²) in [6, 6.07) is 6.18. The number of ether oxygens (including phenoxy) is 1. The van der Waals surface area contributed by atoms with Crippen LogP contribution >= 0.6 is 15.9 Å². The molecule has 0 unspecified atom stereocenters. The number of rotatable bonds is 4. The van der Waals surface area contributed by atoms with Crippen LogP contribution in [0.25, 0.3) is 0 Å². The smallest absolute Gasteiger partial charge is 0.124 e. The Balaban J connectivity index is 2.07. The molecule has 100 valence electrons. The molecule has 1 aliphatic rings. The van der Waals surface area contributed by atoms with Gasteiger partial charge in [0, 0.05) is 42.8 Å². The van der Waals surface area contributed by atoms with Gasteiger partial charge < -0.3 is 9.64 Å². The molecular formula is C14H21BrN2O. The predicted molar refractivity (Wildman–Crippen MR) is 78.1 cm³/mol. The van der Waals surface area contributed by atoms with E-state index in [1.54, 1.807) is 0 Å². The van der Waals surface area contributed by atoms with Gasteiger partial charge in [-0.1, -0.05) is 22.0 Å². The summed E-state index contributed by atoms with van der Waals surface area (Å²) in [4.78, 5) is 4.86. The van der Waals surface area contributed by atoms with Gasteiger partial charge in [-0.05, 0) is 26.1 Å². The SMILES string of the molecule is CCOc1cccc(Br)c1CN1CCN(C)CC1. The van der Waals surface area contributed by atoms with E-state index in [-0.39, 0.29) is 0 Å². The van der Waals surface area contributed by atoms with E-state index in [4.69, 9.17) is 4.74 Å². The molecule has 4 heteroatoms. The number of hydrogen-bond acceptors (Lipinski definition) is 3. The number of piperazine rings is 1. The molecule has 0 radical (unpaired) electrons. The summed E-state index contributed by atoms with van der Waals surface area (Å²) >= 11 is 3.64. The molecule has 0 N–H and O–H groups in total. The van der Waals surface area contributed by atoms with E-state index in [9.17, 15) is 0 Å². The van der Waals surface area contributed by atoms with Gasteiger partial charge in [-0.15, -0.1) is 0 Å². The topological polar surface area (TPSA) is 15.7 Å². The lowest BCUT2D eigenvalue weighted by Crippen LogP contribution is -2.43. The summed E-state index contributed by atoms with van der Waals surface area (Å²) < 4.78 is 6.86. The zero-order valence-corrected chi connectivity index (χ0v) is 12.7. The Labute approximate surface area is 118 Å². The van der Waals surface area contributed by atoms with Gasteiger partial charge >= 0.3 is 0 Å². The average Bonchev–Trinajstić information content (AvgIpc) is 2.36. The highest BCUT2D eigenvalue weighted by Crippen LogP contribution is 2.28. The van der Waals surface area contributed by atoms with Crippen molar-refractivity contribution in [2.75, 3.05) is 39.8 Å². The predicted octanol–water partition coefficient (Wildman–Crippen LogP) is 2.60. The summed E-state index contributed by atoms with van der Waals surface area (Å²) in [7, 11) is 2.18. The lowest BCUT2D eigenvalue weighted by molar-refractivity contribution is 0.146. The molecule has 0 saturated carbocycles. The highest BCUT2D eigenvalue weighted by molar-refractivity contribution is 9.10. The average molecular weight is 313 g/mol. The third-order valence-corrected chi connectivity index (χ3v) is 4.10. The molecule has 0 aliphatic carbocycles. The van der Waals surface area contributed by atoms with Gasteiger partial charge in [0.2, 0.25) is 0 Å². The summed E-state index contributed by atoms with van der Waals surface area (Å²) in [6.45, 7) is 8.26. The number of halogens is 1. The Morgan fingerprint density at radius 3 is 2.61 bits per heavy atom. The molecule has 2 rings (SSSR count). The van der Waals surface area contributed by atoms with E-state index in [1.165, 1.54) is 5.56 Å². The zero-order valence-electron chi connectivity index (χ0n) is 11.2. The van der Waals surface area contributed by atoms with Gasteiger partial charge in [0.05, 0.1) is 6.61 Å². The van der Waals surface area contributed by atoms with Crippen LogP contribution < -0.4 is 4.74 Å². The highest BCUT2D eigenvalue weighted by atomic mass is 79.9. The molecule has 1 heterocycles. The van der Waals surface area contributed by atoms with Crippen LogP contribution in [0.4, 0.5) is 0 Å². The maximum absolute atomic E-state index is 5.71. The van der Waals surface area contributed by atoms with Crippen LogP contribution in [0.1, 0.15) is 12.5 Å². The monoisotopic (exact) mass is 312 g/mol. The van der Waals surface area contributed by atoms with Crippen molar-refractivity contribution in [2.24, 2.45) is 0 Å². The fraction of sp³-hybridized carbons (Fsp3) is 0.571. The van der Waals surface area contributed by atoms with Gasteiger partial charge in [0.1, 0.15) is 5.75 Å². The molecule has 0 spiro atoms. The van der Waals surface area contributed by atoms with Crippen molar-refractivity contribution >= 4 is 15.9 Å². The number of nitrogens with zero attached hydrogens (tertiary/aromatic N) is 2. The molecule has 1 aromatic carbocycles. The molecule has 0 atom stereocenters. The van der Waals surface area contributed by atoms with Gasteiger partial charge in [0.15, 0.2) is 0 Å². The van der Waals surface area contributed by atoms with Crippen molar-refractivity contribution in [1.82, 2.24) is 9.80 Å².